The van der Waals surface area contributed by atoms with E-state index in [0.717, 1.165) is 21.9 Å². The summed E-state index contributed by atoms with van der Waals surface area (Å²) >= 11 is 6.00. The summed E-state index contributed by atoms with van der Waals surface area (Å²) in [7, 11) is 0. The molecule has 0 atom stereocenters. The predicted octanol–water partition coefficient (Wildman–Crippen LogP) is 5.18. The molecule has 0 fully saturated rings. The number of hydrogen-bond acceptors (Lipinski definition) is 1. The van der Waals surface area contributed by atoms with Crippen LogP contribution in [0.3, 0.4) is 0 Å². The van der Waals surface area contributed by atoms with Gasteiger partial charge in [0.15, 0.2) is 0 Å². The molecule has 0 bridgehead atoms. The van der Waals surface area contributed by atoms with E-state index in [1.54, 1.807) is 30.5 Å². The van der Waals surface area contributed by atoms with Crippen molar-refractivity contribution >= 4 is 33.4 Å². The molecular weight excluding hydrogens is 287 g/mol. The van der Waals surface area contributed by atoms with Gasteiger partial charge < -0.3 is 4.98 Å². The number of rotatable bonds is 1. The first-order valence-corrected chi connectivity index (χ1v) is 6.92. The van der Waals surface area contributed by atoms with E-state index in [1.807, 2.05) is 24.3 Å². The molecule has 0 aliphatic carbocycles. The lowest BCUT2D eigenvalue weighted by molar-refractivity contribution is 0.593. The van der Waals surface area contributed by atoms with E-state index < -0.39 is 5.95 Å². The van der Waals surface area contributed by atoms with Crippen molar-refractivity contribution in [3.63, 3.8) is 0 Å². The molecule has 0 saturated heterocycles. The molecule has 0 radical (unpaired) electrons. The molecule has 2 aromatic heterocycles. The maximum atomic E-state index is 14.4. The Morgan fingerprint density at radius 1 is 1.00 bits per heavy atom. The van der Waals surface area contributed by atoms with E-state index in [-0.39, 0.29) is 0 Å². The van der Waals surface area contributed by atoms with Gasteiger partial charge in [0.05, 0.1) is 5.52 Å². The summed E-state index contributed by atoms with van der Waals surface area (Å²) in [6.45, 7) is 0. The van der Waals surface area contributed by atoms with E-state index in [4.69, 9.17) is 11.6 Å². The van der Waals surface area contributed by atoms with E-state index in [1.165, 1.54) is 0 Å². The Morgan fingerprint density at radius 2 is 1.86 bits per heavy atom. The van der Waals surface area contributed by atoms with Gasteiger partial charge >= 0.3 is 0 Å². The van der Waals surface area contributed by atoms with Crippen LogP contribution in [0.25, 0.3) is 32.9 Å². The summed E-state index contributed by atoms with van der Waals surface area (Å²) in [5.74, 6) is -0.477. The first-order valence-electron chi connectivity index (χ1n) is 6.55. The molecule has 0 amide bonds. The number of aromatic amines is 1. The monoisotopic (exact) mass is 296 g/mol. The zero-order chi connectivity index (χ0) is 14.4. The molecule has 0 aliphatic heterocycles. The maximum absolute atomic E-state index is 14.4. The molecule has 21 heavy (non-hydrogen) atoms. The lowest BCUT2D eigenvalue weighted by atomic mass is 10.0. The fourth-order valence-electron chi connectivity index (χ4n) is 2.61. The minimum absolute atomic E-state index is 0.474. The zero-order valence-electron chi connectivity index (χ0n) is 10.9. The Balaban J connectivity index is 2.03. The van der Waals surface area contributed by atoms with Crippen molar-refractivity contribution in [1.29, 1.82) is 0 Å². The highest BCUT2D eigenvalue weighted by molar-refractivity contribution is 6.31. The van der Waals surface area contributed by atoms with Gasteiger partial charge in [-0.25, -0.2) is 4.98 Å². The number of pyridine rings is 1. The Morgan fingerprint density at radius 3 is 2.76 bits per heavy atom. The smallest absolute Gasteiger partial charge is 0.221 e. The van der Waals surface area contributed by atoms with Crippen LogP contribution in [0.1, 0.15) is 0 Å². The van der Waals surface area contributed by atoms with Crippen LogP contribution in [0, 0.1) is 5.95 Å². The second-order valence-electron chi connectivity index (χ2n) is 4.91. The highest BCUT2D eigenvalue weighted by atomic mass is 35.5. The molecule has 0 saturated carbocycles. The third-order valence-electron chi connectivity index (χ3n) is 3.61. The number of fused-ring (bicyclic) bond motifs is 2. The number of benzene rings is 2. The lowest BCUT2D eigenvalue weighted by Gasteiger charge is -2.05. The maximum Gasteiger partial charge on any atom is 0.221 e. The van der Waals surface area contributed by atoms with E-state index in [9.17, 15) is 4.39 Å². The van der Waals surface area contributed by atoms with Crippen LogP contribution in [-0.2, 0) is 0 Å². The Kier molecular flexibility index (Phi) is 2.69. The first kappa shape index (κ1) is 12.4. The number of halogens is 2. The molecular formula is C17H10ClFN2. The van der Waals surface area contributed by atoms with Crippen LogP contribution in [0.4, 0.5) is 4.39 Å². The number of nitrogens with zero attached hydrogens (tertiary/aromatic N) is 1. The summed E-state index contributed by atoms with van der Waals surface area (Å²) in [6.07, 6.45) is 1.81. The van der Waals surface area contributed by atoms with Crippen molar-refractivity contribution in [3.8, 4) is 11.1 Å². The van der Waals surface area contributed by atoms with Crippen molar-refractivity contribution in [2.45, 2.75) is 0 Å². The zero-order valence-corrected chi connectivity index (χ0v) is 11.7. The van der Waals surface area contributed by atoms with Gasteiger partial charge in [-0.2, -0.15) is 4.39 Å². The van der Waals surface area contributed by atoms with Gasteiger partial charge in [0.2, 0.25) is 5.95 Å². The minimum Gasteiger partial charge on any atom is -0.361 e. The van der Waals surface area contributed by atoms with Gasteiger partial charge in [-0.05, 0) is 30.3 Å². The summed E-state index contributed by atoms with van der Waals surface area (Å²) < 4.78 is 14.4. The molecule has 4 rings (SSSR count). The number of nitrogens with one attached hydrogen (secondary N) is 1. The van der Waals surface area contributed by atoms with Gasteiger partial charge in [-0.15, -0.1) is 0 Å². The highest BCUT2D eigenvalue weighted by Gasteiger charge is 2.13. The van der Waals surface area contributed by atoms with Crippen molar-refractivity contribution in [3.05, 3.63) is 65.7 Å². The topological polar surface area (TPSA) is 28.7 Å². The van der Waals surface area contributed by atoms with E-state index >= 15 is 0 Å². The van der Waals surface area contributed by atoms with Crippen LogP contribution in [-0.4, -0.2) is 9.97 Å². The third kappa shape index (κ3) is 1.98. The predicted molar refractivity (Wildman–Crippen MR) is 84.0 cm³/mol. The van der Waals surface area contributed by atoms with Crippen LogP contribution >= 0.6 is 11.6 Å². The van der Waals surface area contributed by atoms with Gasteiger partial charge in [0.1, 0.15) is 0 Å². The molecule has 2 aromatic carbocycles. The average Bonchev–Trinajstić information content (AvgIpc) is 2.91. The lowest BCUT2D eigenvalue weighted by Crippen LogP contribution is -1.90. The quantitative estimate of drug-likeness (QED) is 0.482. The Bertz CT molecular complexity index is 975. The van der Waals surface area contributed by atoms with Gasteiger partial charge in [0.25, 0.3) is 0 Å². The molecule has 1 N–H and O–H groups in total. The second-order valence-corrected chi connectivity index (χ2v) is 5.35. The summed E-state index contributed by atoms with van der Waals surface area (Å²) in [5, 5.41) is 2.41. The summed E-state index contributed by atoms with van der Waals surface area (Å²) in [4.78, 5) is 7.19. The molecule has 2 nitrogen and oxygen atoms in total. The van der Waals surface area contributed by atoms with Crippen molar-refractivity contribution in [1.82, 2.24) is 9.97 Å². The van der Waals surface area contributed by atoms with Gasteiger partial charge in [0, 0.05) is 38.6 Å². The Hall–Kier alpha value is -2.39. The number of aromatic nitrogens is 2. The minimum atomic E-state index is -0.477. The van der Waals surface area contributed by atoms with Crippen LogP contribution in [0.15, 0.2) is 54.7 Å². The van der Waals surface area contributed by atoms with Crippen molar-refractivity contribution in [2.75, 3.05) is 0 Å². The number of H-pyrrole nitrogens is 1. The second kappa shape index (κ2) is 4.57. The Labute approximate surface area is 125 Å². The average molecular weight is 297 g/mol. The molecule has 102 valence electrons. The van der Waals surface area contributed by atoms with Crippen molar-refractivity contribution in [2.24, 2.45) is 0 Å². The fraction of sp³-hybridized carbons (Fsp3) is 0. The number of hydrogen-bond donors (Lipinski definition) is 1. The molecule has 4 aromatic rings. The summed E-state index contributed by atoms with van der Waals surface area (Å²) in [6, 6.07) is 14.8. The standard InChI is InChI=1S/C17H10ClFN2/c18-11-5-6-15-10(7-11)8-13(17(19)21-15)14-9-20-16-4-2-1-3-12(14)16/h1-9,20H. The SMILES string of the molecule is Fc1nc2ccc(Cl)cc2cc1-c1c[nH]c2ccccc12. The third-order valence-corrected chi connectivity index (χ3v) is 3.84. The van der Waals surface area contributed by atoms with E-state index in [2.05, 4.69) is 9.97 Å². The van der Waals surface area contributed by atoms with Crippen LogP contribution < -0.4 is 0 Å². The van der Waals surface area contributed by atoms with Crippen molar-refractivity contribution < 1.29 is 4.39 Å². The summed E-state index contributed by atoms with van der Waals surface area (Å²) in [5.41, 5.74) is 2.85. The van der Waals surface area contributed by atoms with Crippen LogP contribution in [0.5, 0.6) is 0 Å². The molecule has 0 aliphatic rings. The highest BCUT2D eigenvalue weighted by Crippen LogP contribution is 2.32. The molecule has 0 spiro atoms. The molecule has 2 heterocycles. The fourth-order valence-corrected chi connectivity index (χ4v) is 2.79. The van der Waals surface area contributed by atoms with Gasteiger partial charge in [-0.3, -0.25) is 0 Å². The largest absolute Gasteiger partial charge is 0.361 e. The van der Waals surface area contributed by atoms with Crippen LogP contribution in [0.2, 0.25) is 5.02 Å². The molecule has 4 heteroatoms. The van der Waals surface area contributed by atoms with Gasteiger partial charge in [-0.1, -0.05) is 29.8 Å². The normalized spacial score (nSPS) is 11.3. The number of para-hydroxylation sites is 1. The van der Waals surface area contributed by atoms with E-state index in [0.29, 0.717) is 16.1 Å². The first-order chi connectivity index (χ1) is 10.2. The molecule has 0 unspecified atom stereocenters.